The van der Waals surface area contributed by atoms with Crippen molar-refractivity contribution in [1.82, 2.24) is 19.9 Å². The minimum atomic E-state index is -0.136. The molecule has 1 aromatic heterocycles. The molecule has 1 aliphatic heterocycles. The van der Waals surface area contributed by atoms with E-state index in [1.54, 1.807) is 12.3 Å². The summed E-state index contributed by atoms with van der Waals surface area (Å²) in [6.45, 7) is 5.41. The van der Waals surface area contributed by atoms with Crippen LogP contribution in [0.25, 0.3) is 0 Å². The molecule has 20 heavy (non-hydrogen) atoms. The normalized spacial score (nSPS) is 16.6. The molecule has 0 atom stereocenters. The Morgan fingerprint density at radius 3 is 2.55 bits per heavy atom. The predicted molar refractivity (Wildman–Crippen MR) is 75.1 cm³/mol. The van der Waals surface area contributed by atoms with Gasteiger partial charge in [0.05, 0.1) is 18.4 Å². The van der Waals surface area contributed by atoms with Gasteiger partial charge in [-0.3, -0.25) is 9.58 Å². The van der Waals surface area contributed by atoms with Crippen LogP contribution in [0.3, 0.4) is 0 Å². The van der Waals surface area contributed by atoms with Crippen LogP contribution in [-0.2, 0) is 6.54 Å². The van der Waals surface area contributed by atoms with Gasteiger partial charge in [-0.25, -0.2) is 4.39 Å². The molecular formula is C14H18FN5. The van der Waals surface area contributed by atoms with Crippen molar-refractivity contribution in [1.29, 1.82) is 0 Å². The van der Waals surface area contributed by atoms with Gasteiger partial charge in [-0.2, -0.15) is 0 Å². The third-order valence-corrected chi connectivity index (χ3v) is 3.68. The molecular weight excluding hydrogens is 257 g/mol. The summed E-state index contributed by atoms with van der Waals surface area (Å²) >= 11 is 0. The minimum absolute atomic E-state index is 0.136. The summed E-state index contributed by atoms with van der Waals surface area (Å²) in [6, 6.07) is 6.98. The molecule has 3 rings (SSSR count). The van der Waals surface area contributed by atoms with Crippen molar-refractivity contribution < 1.29 is 4.39 Å². The monoisotopic (exact) mass is 275 g/mol. The number of nitrogens with zero attached hydrogens (tertiary/aromatic N) is 5. The van der Waals surface area contributed by atoms with Crippen molar-refractivity contribution in [2.75, 3.05) is 37.6 Å². The number of aromatic nitrogens is 3. The number of halogens is 1. The Hall–Kier alpha value is -1.95. The molecule has 1 aromatic carbocycles. The maximum absolute atomic E-state index is 13.7. The first kappa shape index (κ1) is 13.1. The Kier molecular flexibility index (Phi) is 3.92. The summed E-state index contributed by atoms with van der Waals surface area (Å²) in [5, 5.41) is 7.75. The second kappa shape index (κ2) is 6.00. The largest absolute Gasteiger partial charge is 0.367 e. The number of hydrogen-bond acceptors (Lipinski definition) is 4. The topological polar surface area (TPSA) is 37.2 Å². The molecule has 0 bridgehead atoms. The highest BCUT2D eigenvalue weighted by atomic mass is 19.1. The lowest BCUT2D eigenvalue weighted by molar-refractivity contribution is 0.243. The summed E-state index contributed by atoms with van der Waals surface area (Å²) in [4.78, 5) is 4.49. The minimum Gasteiger partial charge on any atom is -0.367 e. The van der Waals surface area contributed by atoms with E-state index >= 15 is 0 Å². The quantitative estimate of drug-likeness (QED) is 0.841. The van der Waals surface area contributed by atoms with E-state index in [0.717, 1.165) is 39.3 Å². The standard InChI is InChI=1S/C14H18FN5/c15-13-3-1-2-4-14(13)19-10-7-18(8-11-19)9-12-20-6-5-16-17-20/h1-6H,7-12H2. The fourth-order valence-corrected chi connectivity index (χ4v) is 2.52. The average molecular weight is 275 g/mol. The highest BCUT2D eigenvalue weighted by Gasteiger charge is 2.18. The third kappa shape index (κ3) is 2.96. The van der Waals surface area contributed by atoms with Gasteiger partial charge in [-0.1, -0.05) is 17.3 Å². The van der Waals surface area contributed by atoms with Gasteiger partial charge in [0.25, 0.3) is 0 Å². The number of anilines is 1. The van der Waals surface area contributed by atoms with Crippen molar-refractivity contribution in [2.45, 2.75) is 6.54 Å². The molecule has 0 unspecified atom stereocenters. The Labute approximate surface area is 117 Å². The predicted octanol–water partition coefficient (Wildman–Crippen LogP) is 1.24. The smallest absolute Gasteiger partial charge is 0.146 e. The Morgan fingerprint density at radius 2 is 1.85 bits per heavy atom. The number of benzene rings is 1. The van der Waals surface area contributed by atoms with Crippen LogP contribution < -0.4 is 4.90 Å². The molecule has 0 amide bonds. The van der Waals surface area contributed by atoms with Gasteiger partial charge in [0.15, 0.2) is 0 Å². The van der Waals surface area contributed by atoms with Crippen molar-refractivity contribution in [3.63, 3.8) is 0 Å². The zero-order valence-electron chi connectivity index (χ0n) is 11.3. The zero-order valence-corrected chi connectivity index (χ0v) is 11.3. The van der Waals surface area contributed by atoms with Gasteiger partial charge in [0.2, 0.25) is 0 Å². The molecule has 2 heterocycles. The summed E-state index contributed by atoms with van der Waals surface area (Å²) in [6.07, 6.45) is 3.56. The molecule has 6 heteroatoms. The van der Waals surface area contributed by atoms with Crippen LogP contribution in [-0.4, -0.2) is 52.6 Å². The van der Waals surface area contributed by atoms with Crippen LogP contribution in [0.5, 0.6) is 0 Å². The van der Waals surface area contributed by atoms with Gasteiger partial charge in [0.1, 0.15) is 5.82 Å². The van der Waals surface area contributed by atoms with Crippen molar-refractivity contribution in [3.8, 4) is 0 Å². The van der Waals surface area contributed by atoms with E-state index in [1.807, 2.05) is 23.0 Å². The Bertz CT molecular complexity index is 534. The van der Waals surface area contributed by atoms with E-state index in [9.17, 15) is 4.39 Å². The van der Waals surface area contributed by atoms with E-state index in [2.05, 4.69) is 20.1 Å². The van der Waals surface area contributed by atoms with Gasteiger partial charge in [-0.05, 0) is 12.1 Å². The SMILES string of the molecule is Fc1ccccc1N1CCN(CCn2ccnn2)CC1. The number of para-hydroxylation sites is 1. The summed E-state index contributed by atoms with van der Waals surface area (Å²) in [5.41, 5.74) is 0.712. The molecule has 0 radical (unpaired) electrons. The van der Waals surface area contributed by atoms with Gasteiger partial charge in [0, 0.05) is 38.9 Å². The van der Waals surface area contributed by atoms with Crippen LogP contribution in [0.15, 0.2) is 36.7 Å². The maximum atomic E-state index is 13.7. The third-order valence-electron chi connectivity index (χ3n) is 3.68. The second-order valence-electron chi connectivity index (χ2n) is 4.95. The molecule has 1 aliphatic rings. The fraction of sp³-hybridized carbons (Fsp3) is 0.429. The highest BCUT2D eigenvalue weighted by molar-refractivity contribution is 5.47. The summed E-state index contributed by atoms with van der Waals surface area (Å²) in [5.74, 6) is -0.136. The van der Waals surface area contributed by atoms with Crippen LogP contribution in [0, 0.1) is 5.82 Å². The molecule has 0 aliphatic carbocycles. The molecule has 1 saturated heterocycles. The second-order valence-corrected chi connectivity index (χ2v) is 4.95. The van der Waals surface area contributed by atoms with Crippen LogP contribution in [0.2, 0.25) is 0 Å². The molecule has 2 aromatic rings. The molecule has 5 nitrogen and oxygen atoms in total. The molecule has 0 spiro atoms. The Balaban J connectivity index is 1.51. The maximum Gasteiger partial charge on any atom is 0.146 e. The van der Waals surface area contributed by atoms with E-state index in [1.165, 1.54) is 6.07 Å². The van der Waals surface area contributed by atoms with Crippen LogP contribution in [0.4, 0.5) is 10.1 Å². The fourth-order valence-electron chi connectivity index (χ4n) is 2.52. The first-order chi connectivity index (χ1) is 9.83. The Morgan fingerprint density at radius 1 is 1.05 bits per heavy atom. The first-order valence-corrected chi connectivity index (χ1v) is 6.89. The van der Waals surface area contributed by atoms with Crippen molar-refractivity contribution >= 4 is 5.69 Å². The lowest BCUT2D eigenvalue weighted by Gasteiger charge is -2.36. The number of rotatable bonds is 4. The van der Waals surface area contributed by atoms with Gasteiger partial charge < -0.3 is 4.90 Å². The van der Waals surface area contributed by atoms with Crippen LogP contribution in [0.1, 0.15) is 0 Å². The highest BCUT2D eigenvalue weighted by Crippen LogP contribution is 2.19. The van der Waals surface area contributed by atoms with Crippen LogP contribution >= 0.6 is 0 Å². The lowest BCUT2D eigenvalue weighted by Crippen LogP contribution is -2.47. The van der Waals surface area contributed by atoms with E-state index < -0.39 is 0 Å². The first-order valence-electron chi connectivity index (χ1n) is 6.89. The van der Waals surface area contributed by atoms with Gasteiger partial charge >= 0.3 is 0 Å². The van der Waals surface area contributed by atoms with Gasteiger partial charge in [-0.15, -0.1) is 5.10 Å². The number of piperazine rings is 1. The van der Waals surface area contributed by atoms with Crippen molar-refractivity contribution in [2.24, 2.45) is 0 Å². The molecule has 106 valence electrons. The van der Waals surface area contributed by atoms with E-state index in [4.69, 9.17) is 0 Å². The summed E-state index contributed by atoms with van der Waals surface area (Å²) < 4.78 is 15.6. The molecule has 0 saturated carbocycles. The zero-order chi connectivity index (χ0) is 13.8. The average Bonchev–Trinajstić information content (AvgIpc) is 3.00. The van der Waals surface area contributed by atoms with E-state index in [-0.39, 0.29) is 5.82 Å². The summed E-state index contributed by atoms with van der Waals surface area (Å²) in [7, 11) is 0. The van der Waals surface area contributed by atoms with Crippen molar-refractivity contribution in [3.05, 3.63) is 42.5 Å². The molecule has 0 N–H and O–H groups in total. The van der Waals surface area contributed by atoms with E-state index in [0.29, 0.717) is 5.69 Å². The number of hydrogen-bond donors (Lipinski definition) is 0. The lowest BCUT2D eigenvalue weighted by atomic mass is 10.2. The molecule has 1 fully saturated rings.